The molecule has 2 heteroatoms. The maximum absolute atomic E-state index is 10.5. The zero-order valence-corrected chi connectivity index (χ0v) is 12.0. The van der Waals surface area contributed by atoms with Gasteiger partial charge in [-0.1, -0.05) is 22.0 Å². The van der Waals surface area contributed by atoms with Crippen molar-refractivity contribution in [1.29, 1.82) is 0 Å². The van der Waals surface area contributed by atoms with Gasteiger partial charge in [-0.2, -0.15) is 0 Å². The van der Waals surface area contributed by atoms with Crippen LogP contribution in [-0.2, 0) is 0 Å². The number of hydrogen-bond donors (Lipinski definition) is 1. The number of halogens is 1. The van der Waals surface area contributed by atoms with E-state index in [0.717, 1.165) is 21.9 Å². The monoisotopic (exact) mass is 294 g/mol. The average Bonchev–Trinajstić information content (AvgIpc) is 2.90. The van der Waals surface area contributed by atoms with E-state index in [1.54, 1.807) is 0 Å². The first-order valence-electron chi connectivity index (χ1n) is 6.51. The van der Waals surface area contributed by atoms with Gasteiger partial charge in [-0.3, -0.25) is 0 Å². The summed E-state index contributed by atoms with van der Waals surface area (Å²) in [6.07, 6.45) is 3.64. The molecule has 0 aliphatic heterocycles. The fraction of sp³-hybridized carbons (Fsp3) is 0.600. The SMILES string of the molecule is Cc1cc(C(O)C2CC3CC3C2)c(C)cc1Br. The van der Waals surface area contributed by atoms with Crippen LogP contribution in [0.4, 0.5) is 0 Å². The van der Waals surface area contributed by atoms with Gasteiger partial charge >= 0.3 is 0 Å². The van der Waals surface area contributed by atoms with Crippen molar-refractivity contribution in [3.63, 3.8) is 0 Å². The molecule has 0 bridgehead atoms. The van der Waals surface area contributed by atoms with Crippen LogP contribution in [0.3, 0.4) is 0 Å². The van der Waals surface area contributed by atoms with Crippen LogP contribution in [0, 0.1) is 31.6 Å². The zero-order chi connectivity index (χ0) is 12.2. The Morgan fingerprint density at radius 3 is 2.41 bits per heavy atom. The molecule has 17 heavy (non-hydrogen) atoms. The molecule has 0 spiro atoms. The largest absolute Gasteiger partial charge is 0.388 e. The molecule has 1 N–H and O–H groups in total. The molecule has 0 radical (unpaired) electrons. The molecular weight excluding hydrogens is 276 g/mol. The molecule has 2 fully saturated rings. The summed E-state index contributed by atoms with van der Waals surface area (Å²) in [5, 5.41) is 10.5. The van der Waals surface area contributed by atoms with Gasteiger partial charge in [0.2, 0.25) is 0 Å². The molecule has 3 rings (SSSR count). The molecule has 3 atom stereocenters. The summed E-state index contributed by atoms with van der Waals surface area (Å²) >= 11 is 3.55. The van der Waals surface area contributed by atoms with Crippen molar-refractivity contribution in [2.45, 2.75) is 39.2 Å². The summed E-state index contributed by atoms with van der Waals surface area (Å²) in [6.45, 7) is 4.18. The van der Waals surface area contributed by atoms with E-state index < -0.39 is 0 Å². The third kappa shape index (κ3) is 2.06. The maximum Gasteiger partial charge on any atom is 0.0821 e. The lowest BCUT2D eigenvalue weighted by molar-refractivity contribution is 0.104. The van der Waals surface area contributed by atoms with Crippen molar-refractivity contribution in [1.82, 2.24) is 0 Å². The lowest BCUT2D eigenvalue weighted by atomic mass is 9.89. The number of rotatable bonds is 2. The highest BCUT2D eigenvalue weighted by molar-refractivity contribution is 9.10. The summed E-state index contributed by atoms with van der Waals surface area (Å²) in [6, 6.07) is 4.28. The van der Waals surface area contributed by atoms with Crippen molar-refractivity contribution in [3.05, 3.63) is 33.3 Å². The molecule has 0 saturated heterocycles. The fourth-order valence-electron chi connectivity index (χ4n) is 3.40. The predicted octanol–water partition coefficient (Wildman–Crippen LogP) is 4.15. The second-order valence-corrected chi connectivity index (χ2v) is 6.74. The van der Waals surface area contributed by atoms with Gasteiger partial charge in [0.15, 0.2) is 0 Å². The van der Waals surface area contributed by atoms with Crippen LogP contribution in [0.5, 0.6) is 0 Å². The van der Waals surface area contributed by atoms with E-state index in [1.807, 2.05) is 0 Å². The molecule has 3 unspecified atom stereocenters. The molecule has 1 aromatic carbocycles. The van der Waals surface area contributed by atoms with E-state index in [0.29, 0.717) is 5.92 Å². The van der Waals surface area contributed by atoms with Crippen molar-refractivity contribution in [2.24, 2.45) is 17.8 Å². The van der Waals surface area contributed by atoms with Gasteiger partial charge in [-0.15, -0.1) is 0 Å². The molecule has 1 nitrogen and oxygen atoms in total. The van der Waals surface area contributed by atoms with Gasteiger partial charge in [0.05, 0.1) is 6.10 Å². The lowest BCUT2D eigenvalue weighted by Gasteiger charge is -2.22. The van der Waals surface area contributed by atoms with E-state index in [4.69, 9.17) is 0 Å². The Labute approximate surface area is 111 Å². The van der Waals surface area contributed by atoms with E-state index in [1.165, 1.54) is 30.4 Å². The van der Waals surface area contributed by atoms with E-state index in [9.17, 15) is 5.11 Å². The highest BCUT2D eigenvalue weighted by Crippen LogP contribution is 2.57. The molecule has 2 aliphatic carbocycles. The van der Waals surface area contributed by atoms with Gasteiger partial charge in [-0.25, -0.2) is 0 Å². The predicted molar refractivity (Wildman–Crippen MR) is 72.9 cm³/mol. The van der Waals surface area contributed by atoms with Gasteiger partial charge in [0.1, 0.15) is 0 Å². The van der Waals surface area contributed by atoms with Crippen LogP contribution in [0.25, 0.3) is 0 Å². The number of aryl methyl sites for hydroxylation is 2. The van der Waals surface area contributed by atoms with E-state index in [-0.39, 0.29) is 6.10 Å². The van der Waals surface area contributed by atoms with Crippen LogP contribution in [0.15, 0.2) is 16.6 Å². The Balaban J connectivity index is 1.85. The highest BCUT2D eigenvalue weighted by atomic mass is 79.9. The Kier molecular flexibility index (Phi) is 2.83. The summed E-state index contributed by atoms with van der Waals surface area (Å²) < 4.78 is 1.14. The Hall–Kier alpha value is -0.340. The lowest BCUT2D eigenvalue weighted by Crippen LogP contribution is -2.12. The standard InChI is InChI=1S/C15H19BrO/c1-8-4-14(16)9(2)3-13(8)15(17)12-6-10-5-11(10)7-12/h3-4,10-12,15,17H,5-7H2,1-2H3. The van der Waals surface area contributed by atoms with Crippen LogP contribution in [0.1, 0.15) is 42.1 Å². The van der Waals surface area contributed by atoms with Crippen LogP contribution >= 0.6 is 15.9 Å². The molecule has 1 aromatic rings. The van der Waals surface area contributed by atoms with Crippen LogP contribution in [-0.4, -0.2) is 5.11 Å². The van der Waals surface area contributed by atoms with E-state index in [2.05, 4.69) is 41.9 Å². The highest BCUT2D eigenvalue weighted by Gasteiger charge is 2.47. The number of hydrogen-bond acceptors (Lipinski definition) is 1. The van der Waals surface area contributed by atoms with Gasteiger partial charge in [0.25, 0.3) is 0 Å². The van der Waals surface area contributed by atoms with Gasteiger partial charge in [-0.05, 0) is 73.6 Å². The Bertz CT molecular complexity index is 444. The molecule has 0 heterocycles. The molecule has 92 valence electrons. The summed E-state index contributed by atoms with van der Waals surface area (Å²) in [5.41, 5.74) is 3.56. The minimum Gasteiger partial charge on any atom is -0.388 e. The average molecular weight is 295 g/mol. The first kappa shape index (κ1) is 11.7. The molecular formula is C15H19BrO. The van der Waals surface area contributed by atoms with E-state index >= 15 is 0 Å². The molecule has 0 aromatic heterocycles. The van der Waals surface area contributed by atoms with Crippen LogP contribution < -0.4 is 0 Å². The smallest absolute Gasteiger partial charge is 0.0821 e. The normalized spacial score (nSPS) is 32.4. The number of benzene rings is 1. The zero-order valence-electron chi connectivity index (χ0n) is 10.4. The van der Waals surface area contributed by atoms with Crippen LogP contribution in [0.2, 0.25) is 0 Å². The van der Waals surface area contributed by atoms with Gasteiger partial charge < -0.3 is 5.11 Å². The maximum atomic E-state index is 10.5. The molecule has 0 amide bonds. The first-order chi connectivity index (χ1) is 8.06. The summed E-state index contributed by atoms with van der Waals surface area (Å²) in [7, 11) is 0. The summed E-state index contributed by atoms with van der Waals surface area (Å²) in [4.78, 5) is 0. The minimum atomic E-state index is -0.255. The molecule has 2 aliphatic rings. The molecule has 2 saturated carbocycles. The minimum absolute atomic E-state index is 0.255. The second-order valence-electron chi connectivity index (χ2n) is 5.89. The number of fused-ring (bicyclic) bond motifs is 1. The Morgan fingerprint density at radius 2 is 1.76 bits per heavy atom. The van der Waals surface area contributed by atoms with Crippen molar-refractivity contribution < 1.29 is 5.11 Å². The number of aliphatic hydroxyl groups is 1. The van der Waals surface area contributed by atoms with Gasteiger partial charge in [0, 0.05) is 4.47 Å². The first-order valence-corrected chi connectivity index (χ1v) is 7.30. The third-order valence-electron chi connectivity index (χ3n) is 4.59. The van der Waals surface area contributed by atoms with Crippen molar-refractivity contribution in [3.8, 4) is 0 Å². The quantitative estimate of drug-likeness (QED) is 0.869. The Morgan fingerprint density at radius 1 is 1.12 bits per heavy atom. The third-order valence-corrected chi connectivity index (χ3v) is 5.45. The fourth-order valence-corrected chi connectivity index (χ4v) is 3.85. The second kappa shape index (κ2) is 4.10. The topological polar surface area (TPSA) is 20.2 Å². The van der Waals surface area contributed by atoms with Crippen molar-refractivity contribution in [2.75, 3.05) is 0 Å². The van der Waals surface area contributed by atoms with Crippen molar-refractivity contribution >= 4 is 15.9 Å². The number of aliphatic hydroxyl groups excluding tert-OH is 1. The summed E-state index contributed by atoms with van der Waals surface area (Å²) in [5.74, 6) is 2.37.